The summed E-state index contributed by atoms with van der Waals surface area (Å²) in [4.78, 5) is 28.7. The van der Waals surface area contributed by atoms with Gasteiger partial charge in [-0.2, -0.15) is 0 Å². The molecular weight excluding hydrogens is 460 g/mol. The molecule has 0 saturated carbocycles. The number of hydrogen-bond acceptors (Lipinski definition) is 5. The highest BCUT2D eigenvalue weighted by Gasteiger charge is 2.33. The van der Waals surface area contributed by atoms with E-state index in [0.29, 0.717) is 18.8 Å². The van der Waals surface area contributed by atoms with Gasteiger partial charge in [0.15, 0.2) is 6.10 Å². The number of nitrogens with one attached hydrogen (secondary N) is 1. The minimum absolute atomic E-state index is 0.0349. The molecule has 1 aromatic heterocycles. The molecule has 3 atom stereocenters. The van der Waals surface area contributed by atoms with Gasteiger partial charge in [-0.3, -0.25) is 9.59 Å². The maximum absolute atomic E-state index is 13.4. The smallest absolute Gasteiger partial charge is 0.264 e. The summed E-state index contributed by atoms with van der Waals surface area (Å²) in [5.41, 5.74) is 3.28. The summed E-state index contributed by atoms with van der Waals surface area (Å²) in [6.45, 7) is 3.67. The molecule has 1 fully saturated rings. The van der Waals surface area contributed by atoms with Crippen molar-refractivity contribution in [2.24, 2.45) is 0 Å². The largest absolute Gasteiger partial charge is 0.481 e. The second kappa shape index (κ2) is 10.6. The Morgan fingerprint density at radius 2 is 2.03 bits per heavy atom. The molecule has 6 nitrogen and oxygen atoms in total. The van der Waals surface area contributed by atoms with E-state index in [4.69, 9.17) is 9.47 Å². The van der Waals surface area contributed by atoms with E-state index in [1.54, 1.807) is 6.92 Å². The molecule has 3 aromatic rings. The van der Waals surface area contributed by atoms with Crippen molar-refractivity contribution in [2.45, 2.75) is 44.4 Å². The van der Waals surface area contributed by atoms with E-state index < -0.39 is 6.10 Å². The lowest BCUT2D eigenvalue weighted by molar-refractivity contribution is -0.127. The number of rotatable bonds is 7. The molecule has 2 aromatic carbocycles. The average molecular weight is 491 g/mol. The average Bonchev–Trinajstić information content (AvgIpc) is 3.61. The molecule has 35 heavy (non-hydrogen) atoms. The number of hydrogen-bond donors (Lipinski definition) is 1. The van der Waals surface area contributed by atoms with Gasteiger partial charge in [-0.25, -0.2) is 0 Å². The highest BCUT2D eigenvalue weighted by Crippen LogP contribution is 2.38. The van der Waals surface area contributed by atoms with Crippen LogP contribution in [-0.2, 0) is 16.0 Å². The van der Waals surface area contributed by atoms with Gasteiger partial charge in [0.1, 0.15) is 5.75 Å². The molecule has 2 aliphatic heterocycles. The van der Waals surface area contributed by atoms with Crippen molar-refractivity contribution < 1.29 is 19.1 Å². The number of ether oxygens (including phenoxy) is 2. The Balaban J connectivity index is 1.38. The Labute approximate surface area is 209 Å². The standard InChI is InChI=1S/C28H30N2O4S/c1-19(27(31)29-18-23-9-5-15-33-23)34-22-12-11-20-13-14-30(28(32)25-10-6-16-35-25)26(24(20)17-22)21-7-3-2-4-8-21/h2-4,6-8,10-12,16-17,19,23,26H,5,9,13-15,18H2,1H3,(H,29,31). The van der Waals surface area contributed by atoms with Crippen molar-refractivity contribution in [1.29, 1.82) is 0 Å². The number of fused-ring (bicyclic) bond motifs is 1. The molecule has 3 heterocycles. The summed E-state index contributed by atoms with van der Waals surface area (Å²) in [6.07, 6.45) is 2.23. The van der Waals surface area contributed by atoms with Gasteiger partial charge in [0.25, 0.3) is 11.8 Å². The predicted molar refractivity (Wildman–Crippen MR) is 136 cm³/mol. The van der Waals surface area contributed by atoms with Crippen LogP contribution in [0.3, 0.4) is 0 Å². The summed E-state index contributed by atoms with van der Waals surface area (Å²) >= 11 is 1.46. The Hall–Kier alpha value is -3.16. The summed E-state index contributed by atoms with van der Waals surface area (Å²) in [5.74, 6) is 0.495. The van der Waals surface area contributed by atoms with Gasteiger partial charge in [-0.15, -0.1) is 11.3 Å². The first-order valence-corrected chi connectivity index (χ1v) is 13.1. The van der Waals surface area contributed by atoms with Gasteiger partial charge in [0, 0.05) is 19.7 Å². The molecular formula is C28H30N2O4S. The van der Waals surface area contributed by atoms with Crippen LogP contribution in [-0.4, -0.2) is 48.6 Å². The van der Waals surface area contributed by atoms with Crippen LogP contribution in [0.5, 0.6) is 5.75 Å². The van der Waals surface area contributed by atoms with Crippen molar-refractivity contribution in [2.75, 3.05) is 19.7 Å². The van der Waals surface area contributed by atoms with Crippen molar-refractivity contribution in [3.8, 4) is 5.75 Å². The number of benzene rings is 2. The summed E-state index contributed by atoms with van der Waals surface area (Å²) in [5, 5.41) is 4.87. The number of carbonyl (C=O) groups excluding carboxylic acids is 2. The molecule has 2 amide bonds. The van der Waals surface area contributed by atoms with E-state index in [-0.39, 0.29) is 24.0 Å². The van der Waals surface area contributed by atoms with E-state index in [0.717, 1.165) is 41.9 Å². The second-order valence-corrected chi connectivity index (χ2v) is 9.99. The summed E-state index contributed by atoms with van der Waals surface area (Å²) in [7, 11) is 0. The SMILES string of the molecule is CC(Oc1ccc2c(c1)C(c1ccccc1)N(C(=O)c1cccs1)CC2)C(=O)NCC1CCCO1. The first-order valence-electron chi connectivity index (χ1n) is 12.2. The molecule has 1 saturated heterocycles. The van der Waals surface area contributed by atoms with Crippen LogP contribution in [0.1, 0.15) is 52.2 Å². The molecule has 0 bridgehead atoms. The maximum atomic E-state index is 13.4. The van der Waals surface area contributed by atoms with Gasteiger partial charge < -0.3 is 19.7 Å². The Morgan fingerprint density at radius 3 is 2.77 bits per heavy atom. The number of thiophene rings is 1. The van der Waals surface area contributed by atoms with Gasteiger partial charge in [0.05, 0.1) is 17.0 Å². The molecule has 3 unspecified atom stereocenters. The fourth-order valence-electron chi connectivity index (χ4n) is 4.84. The Kier molecular flexibility index (Phi) is 7.16. The molecule has 5 rings (SSSR count). The van der Waals surface area contributed by atoms with E-state index in [9.17, 15) is 9.59 Å². The Bertz CT molecular complexity index is 1160. The predicted octanol–water partition coefficient (Wildman–Crippen LogP) is 4.60. The van der Waals surface area contributed by atoms with Crippen LogP contribution < -0.4 is 10.1 Å². The molecule has 2 aliphatic rings. The summed E-state index contributed by atoms with van der Waals surface area (Å²) < 4.78 is 11.6. The highest BCUT2D eigenvalue weighted by atomic mass is 32.1. The molecule has 1 N–H and O–H groups in total. The first-order chi connectivity index (χ1) is 17.1. The highest BCUT2D eigenvalue weighted by molar-refractivity contribution is 7.12. The minimum Gasteiger partial charge on any atom is -0.481 e. The van der Waals surface area contributed by atoms with Crippen LogP contribution in [0.4, 0.5) is 0 Å². The first kappa shape index (κ1) is 23.6. The molecule has 0 radical (unpaired) electrons. The zero-order valence-corrected chi connectivity index (χ0v) is 20.6. The lowest BCUT2D eigenvalue weighted by Gasteiger charge is -2.38. The third-order valence-electron chi connectivity index (χ3n) is 6.66. The van der Waals surface area contributed by atoms with Gasteiger partial charge in [-0.1, -0.05) is 42.5 Å². The van der Waals surface area contributed by atoms with E-state index >= 15 is 0 Å². The van der Waals surface area contributed by atoms with Crippen molar-refractivity contribution in [3.63, 3.8) is 0 Å². The van der Waals surface area contributed by atoms with Crippen LogP contribution in [0.2, 0.25) is 0 Å². The number of nitrogens with zero attached hydrogens (tertiary/aromatic N) is 1. The molecule has 0 spiro atoms. The van der Waals surface area contributed by atoms with Crippen molar-refractivity contribution in [3.05, 3.63) is 87.6 Å². The van der Waals surface area contributed by atoms with Gasteiger partial charge in [-0.05, 0) is 66.5 Å². The third-order valence-corrected chi connectivity index (χ3v) is 7.52. The van der Waals surface area contributed by atoms with Crippen LogP contribution in [0.15, 0.2) is 66.0 Å². The minimum atomic E-state index is -0.642. The van der Waals surface area contributed by atoms with E-state index in [2.05, 4.69) is 23.5 Å². The van der Waals surface area contributed by atoms with Gasteiger partial charge >= 0.3 is 0 Å². The maximum Gasteiger partial charge on any atom is 0.264 e. The van der Waals surface area contributed by atoms with E-state index in [1.807, 2.05) is 52.7 Å². The van der Waals surface area contributed by atoms with E-state index in [1.165, 1.54) is 16.9 Å². The van der Waals surface area contributed by atoms with Crippen molar-refractivity contribution >= 4 is 23.2 Å². The lowest BCUT2D eigenvalue weighted by atomic mass is 9.87. The van der Waals surface area contributed by atoms with Crippen LogP contribution in [0, 0.1) is 0 Å². The van der Waals surface area contributed by atoms with Crippen LogP contribution >= 0.6 is 11.3 Å². The zero-order valence-electron chi connectivity index (χ0n) is 19.8. The topological polar surface area (TPSA) is 67.9 Å². The molecule has 0 aliphatic carbocycles. The summed E-state index contributed by atoms with van der Waals surface area (Å²) in [6, 6.07) is 19.6. The fraction of sp³-hybridized carbons (Fsp3) is 0.357. The quantitative estimate of drug-likeness (QED) is 0.526. The fourth-order valence-corrected chi connectivity index (χ4v) is 5.52. The monoisotopic (exact) mass is 490 g/mol. The Morgan fingerprint density at radius 1 is 1.17 bits per heavy atom. The number of carbonyl (C=O) groups is 2. The lowest BCUT2D eigenvalue weighted by Crippen LogP contribution is -2.41. The molecule has 7 heteroatoms. The molecule has 182 valence electrons. The zero-order chi connectivity index (χ0) is 24.2. The van der Waals surface area contributed by atoms with Gasteiger partial charge in [0.2, 0.25) is 0 Å². The second-order valence-electron chi connectivity index (χ2n) is 9.04. The third kappa shape index (κ3) is 5.26. The van der Waals surface area contributed by atoms with Crippen LogP contribution in [0.25, 0.3) is 0 Å². The normalized spacial score (nSPS) is 20.2. The van der Waals surface area contributed by atoms with Crippen molar-refractivity contribution in [1.82, 2.24) is 10.2 Å². The number of amides is 2.